The third-order valence-corrected chi connectivity index (χ3v) is 5.45. The van der Waals surface area contributed by atoms with Crippen LogP contribution >= 0.6 is 0 Å². The van der Waals surface area contributed by atoms with Gasteiger partial charge in [-0.1, -0.05) is 44.5 Å². The first-order valence-electron chi connectivity index (χ1n) is 7.50. The van der Waals surface area contributed by atoms with Gasteiger partial charge in [-0.25, -0.2) is 0 Å². The van der Waals surface area contributed by atoms with Gasteiger partial charge in [-0.3, -0.25) is 9.59 Å². The Hall–Kier alpha value is -1.64. The average molecular weight is 288 g/mol. The zero-order valence-corrected chi connectivity index (χ0v) is 13.4. The molecule has 1 aromatic rings. The predicted molar refractivity (Wildman–Crippen MR) is 82.4 cm³/mol. The van der Waals surface area contributed by atoms with Gasteiger partial charge in [0.2, 0.25) is 0 Å². The van der Waals surface area contributed by atoms with Crippen LogP contribution in [0.4, 0.5) is 0 Å². The maximum Gasteiger partial charge on any atom is 0.307 e. The molecule has 1 aliphatic carbocycles. The molecule has 1 N–H and O–H groups in total. The molecule has 0 bridgehead atoms. The molecule has 3 unspecified atom stereocenters. The van der Waals surface area contributed by atoms with E-state index in [1.54, 1.807) is 0 Å². The topological polar surface area (TPSA) is 54.4 Å². The quantitative estimate of drug-likeness (QED) is 0.859. The number of benzene rings is 1. The Morgan fingerprint density at radius 2 is 1.86 bits per heavy atom. The van der Waals surface area contributed by atoms with Gasteiger partial charge < -0.3 is 5.11 Å². The summed E-state index contributed by atoms with van der Waals surface area (Å²) in [5.74, 6) is -1.29. The molecule has 114 valence electrons. The maximum absolute atomic E-state index is 12.9. The lowest BCUT2D eigenvalue weighted by Crippen LogP contribution is -2.30. The molecule has 3 nitrogen and oxygen atoms in total. The van der Waals surface area contributed by atoms with Crippen LogP contribution < -0.4 is 0 Å². The van der Waals surface area contributed by atoms with Crippen molar-refractivity contribution in [2.24, 2.45) is 23.2 Å². The third kappa shape index (κ3) is 2.61. The lowest BCUT2D eigenvalue weighted by molar-refractivity contribution is -0.145. The SMILES string of the molecule is Cc1ccc(C(=O)C2CC(C(=O)O)C(C)(C)C2C)c(C)c1. The van der Waals surface area contributed by atoms with Crippen LogP contribution in [0.5, 0.6) is 0 Å². The van der Waals surface area contributed by atoms with E-state index in [1.807, 2.05) is 52.8 Å². The number of Topliss-reactive ketones (excluding diaryl/α,β-unsaturated/α-hetero) is 1. The molecule has 0 saturated heterocycles. The molecule has 0 heterocycles. The fraction of sp³-hybridized carbons (Fsp3) is 0.556. The number of carboxylic acid groups (broad SMARTS) is 1. The zero-order chi connectivity index (χ0) is 15.9. The Morgan fingerprint density at radius 1 is 1.24 bits per heavy atom. The molecule has 1 aromatic carbocycles. The fourth-order valence-electron chi connectivity index (χ4n) is 3.64. The highest BCUT2D eigenvalue weighted by atomic mass is 16.4. The number of hydrogen-bond donors (Lipinski definition) is 1. The van der Waals surface area contributed by atoms with Gasteiger partial charge in [0.15, 0.2) is 5.78 Å². The van der Waals surface area contributed by atoms with Crippen molar-refractivity contribution in [1.29, 1.82) is 0 Å². The number of carbonyl (C=O) groups is 2. The van der Waals surface area contributed by atoms with Crippen LogP contribution in [-0.2, 0) is 4.79 Å². The van der Waals surface area contributed by atoms with Crippen LogP contribution in [-0.4, -0.2) is 16.9 Å². The van der Waals surface area contributed by atoms with Crippen LogP contribution in [0, 0.1) is 37.0 Å². The monoisotopic (exact) mass is 288 g/mol. The molecule has 1 fully saturated rings. The van der Waals surface area contributed by atoms with Crippen molar-refractivity contribution >= 4 is 11.8 Å². The van der Waals surface area contributed by atoms with E-state index in [2.05, 4.69) is 0 Å². The van der Waals surface area contributed by atoms with Crippen LogP contribution in [0.25, 0.3) is 0 Å². The van der Waals surface area contributed by atoms with Crippen molar-refractivity contribution in [2.45, 2.75) is 41.0 Å². The van der Waals surface area contributed by atoms with Crippen molar-refractivity contribution in [3.05, 3.63) is 34.9 Å². The first kappa shape index (κ1) is 15.7. The van der Waals surface area contributed by atoms with Gasteiger partial charge in [0.05, 0.1) is 5.92 Å². The molecule has 3 atom stereocenters. The van der Waals surface area contributed by atoms with Crippen molar-refractivity contribution in [2.75, 3.05) is 0 Å². The Kier molecular flexibility index (Phi) is 3.96. The lowest BCUT2D eigenvalue weighted by atomic mass is 9.74. The van der Waals surface area contributed by atoms with Gasteiger partial charge >= 0.3 is 5.97 Å². The van der Waals surface area contributed by atoms with E-state index < -0.39 is 11.9 Å². The highest BCUT2D eigenvalue weighted by molar-refractivity contribution is 6.00. The van der Waals surface area contributed by atoms with Crippen molar-refractivity contribution in [3.63, 3.8) is 0 Å². The normalized spacial score (nSPS) is 27.6. The average Bonchev–Trinajstić information content (AvgIpc) is 2.60. The van der Waals surface area contributed by atoms with Crippen LogP contribution in [0.2, 0.25) is 0 Å². The minimum atomic E-state index is -0.789. The number of aryl methyl sites for hydroxylation is 2. The predicted octanol–water partition coefficient (Wildman–Crippen LogP) is 3.87. The molecule has 0 amide bonds. The zero-order valence-electron chi connectivity index (χ0n) is 13.4. The number of carbonyl (C=O) groups excluding carboxylic acids is 1. The molecule has 21 heavy (non-hydrogen) atoms. The molecule has 0 radical (unpaired) electrons. The summed E-state index contributed by atoms with van der Waals surface area (Å²) in [5.41, 5.74) is 2.49. The molecule has 3 heteroatoms. The highest BCUT2D eigenvalue weighted by Gasteiger charge is 2.52. The number of ketones is 1. The van der Waals surface area contributed by atoms with E-state index in [0.29, 0.717) is 6.42 Å². The van der Waals surface area contributed by atoms with Gasteiger partial charge in [-0.05, 0) is 37.2 Å². The highest BCUT2D eigenvalue weighted by Crippen LogP contribution is 2.51. The lowest BCUT2D eigenvalue weighted by Gasteiger charge is -2.29. The largest absolute Gasteiger partial charge is 0.481 e. The second-order valence-corrected chi connectivity index (χ2v) is 7.03. The van der Waals surface area contributed by atoms with Crippen LogP contribution in [0.3, 0.4) is 0 Å². The van der Waals surface area contributed by atoms with E-state index in [-0.39, 0.29) is 23.0 Å². The number of aliphatic carboxylic acids is 1. The van der Waals surface area contributed by atoms with Crippen molar-refractivity contribution in [3.8, 4) is 0 Å². The van der Waals surface area contributed by atoms with E-state index in [4.69, 9.17) is 0 Å². The molecule has 0 aromatic heterocycles. The van der Waals surface area contributed by atoms with Crippen molar-refractivity contribution in [1.82, 2.24) is 0 Å². The van der Waals surface area contributed by atoms with Crippen LogP contribution in [0.1, 0.15) is 48.7 Å². The van der Waals surface area contributed by atoms with Gasteiger partial charge in [-0.15, -0.1) is 0 Å². The fourth-order valence-corrected chi connectivity index (χ4v) is 3.64. The van der Waals surface area contributed by atoms with Crippen LogP contribution in [0.15, 0.2) is 18.2 Å². The summed E-state index contributed by atoms with van der Waals surface area (Å²) >= 11 is 0. The third-order valence-electron chi connectivity index (χ3n) is 5.45. The molecule has 1 saturated carbocycles. The Bertz CT molecular complexity index is 586. The first-order chi connectivity index (χ1) is 9.66. The van der Waals surface area contributed by atoms with E-state index in [1.165, 1.54) is 0 Å². The second-order valence-electron chi connectivity index (χ2n) is 7.03. The Labute approximate surface area is 126 Å². The first-order valence-corrected chi connectivity index (χ1v) is 7.50. The Balaban J connectivity index is 2.34. The van der Waals surface area contributed by atoms with Crippen molar-refractivity contribution < 1.29 is 14.7 Å². The maximum atomic E-state index is 12.9. The molecule has 1 aliphatic rings. The summed E-state index contributed by atoms with van der Waals surface area (Å²) in [4.78, 5) is 24.3. The number of rotatable bonds is 3. The van der Waals surface area contributed by atoms with E-state index >= 15 is 0 Å². The molecule has 0 aliphatic heterocycles. The number of hydrogen-bond acceptors (Lipinski definition) is 2. The minimum Gasteiger partial charge on any atom is -0.481 e. The smallest absolute Gasteiger partial charge is 0.307 e. The molecular weight excluding hydrogens is 264 g/mol. The van der Waals surface area contributed by atoms with Gasteiger partial charge in [0, 0.05) is 11.5 Å². The molecular formula is C18H24O3. The Morgan fingerprint density at radius 3 is 2.33 bits per heavy atom. The summed E-state index contributed by atoms with van der Waals surface area (Å²) in [6.45, 7) is 9.88. The number of carboxylic acids is 1. The van der Waals surface area contributed by atoms with Gasteiger partial charge in [0.1, 0.15) is 0 Å². The summed E-state index contributed by atoms with van der Waals surface area (Å²) in [6, 6.07) is 5.83. The summed E-state index contributed by atoms with van der Waals surface area (Å²) in [5, 5.41) is 9.42. The van der Waals surface area contributed by atoms with Gasteiger partial charge in [-0.2, -0.15) is 0 Å². The second kappa shape index (κ2) is 5.28. The summed E-state index contributed by atoms with van der Waals surface area (Å²) < 4.78 is 0. The molecule has 2 rings (SSSR count). The van der Waals surface area contributed by atoms with Gasteiger partial charge in [0.25, 0.3) is 0 Å². The molecule has 0 spiro atoms. The summed E-state index contributed by atoms with van der Waals surface area (Å²) in [7, 11) is 0. The van der Waals surface area contributed by atoms with E-state index in [0.717, 1.165) is 16.7 Å². The minimum absolute atomic E-state index is 0.0619. The van der Waals surface area contributed by atoms with E-state index in [9.17, 15) is 14.7 Å². The standard InChI is InChI=1S/C18H24O3/c1-10-6-7-13(11(2)8-10)16(19)14-9-15(17(20)21)18(4,5)12(14)3/h6-8,12,14-15H,9H2,1-5H3,(H,20,21). The summed E-state index contributed by atoms with van der Waals surface area (Å²) in [6.07, 6.45) is 0.440.